The monoisotopic (exact) mass is 361 g/mol. The van der Waals surface area contributed by atoms with Gasteiger partial charge in [-0.25, -0.2) is 10.4 Å². The molecule has 0 aliphatic carbocycles. The normalized spacial score (nSPS) is 14.2. The Labute approximate surface area is 151 Å². The lowest BCUT2D eigenvalue weighted by Gasteiger charge is -2.25. The number of hydrogen-bond acceptors (Lipinski definition) is 5. The molecule has 1 aliphatic rings. The minimum atomic E-state index is 0.468. The summed E-state index contributed by atoms with van der Waals surface area (Å²) in [5.74, 6) is 1.18. The standard InChI is InChI=1S/C17H17Cl2N5/c1-24-11-20-17(23-21-10-12-6-3-2-4-7-12)22-16(24)15-13(18)8-5-9-14(15)19/h2-9,21H,10-11H2,1H3,(H,20,23). The first kappa shape index (κ1) is 16.8. The van der Waals surface area contributed by atoms with Gasteiger partial charge < -0.3 is 4.90 Å². The highest BCUT2D eigenvalue weighted by Gasteiger charge is 2.20. The SMILES string of the molecule is CN1CN=C(NNCc2ccccc2)N=C1c1c(Cl)cccc1Cl. The third-order valence-corrected chi connectivity index (χ3v) is 4.16. The van der Waals surface area contributed by atoms with Crippen molar-refractivity contribution in [2.75, 3.05) is 13.7 Å². The van der Waals surface area contributed by atoms with Gasteiger partial charge in [-0.2, -0.15) is 4.99 Å². The molecule has 1 heterocycles. The average Bonchev–Trinajstić information content (AvgIpc) is 2.58. The van der Waals surface area contributed by atoms with Gasteiger partial charge in [-0.05, 0) is 17.7 Å². The van der Waals surface area contributed by atoms with E-state index in [-0.39, 0.29) is 0 Å². The molecule has 0 atom stereocenters. The van der Waals surface area contributed by atoms with Crippen LogP contribution >= 0.6 is 23.2 Å². The quantitative estimate of drug-likeness (QED) is 0.821. The van der Waals surface area contributed by atoms with Crippen LogP contribution in [0.5, 0.6) is 0 Å². The van der Waals surface area contributed by atoms with Crippen molar-refractivity contribution in [3.05, 3.63) is 69.7 Å². The van der Waals surface area contributed by atoms with Gasteiger partial charge in [0.25, 0.3) is 0 Å². The molecule has 0 aromatic heterocycles. The van der Waals surface area contributed by atoms with Crippen LogP contribution in [-0.4, -0.2) is 30.4 Å². The van der Waals surface area contributed by atoms with E-state index < -0.39 is 0 Å². The van der Waals surface area contributed by atoms with Gasteiger partial charge in [0.15, 0.2) is 0 Å². The molecule has 5 nitrogen and oxygen atoms in total. The molecular weight excluding hydrogens is 345 g/mol. The maximum Gasteiger partial charge on any atom is 0.236 e. The Morgan fingerprint density at radius 2 is 1.75 bits per heavy atom. The van der Waals surface area contributed by atoms with Crippen molar-refractivity contribution in [3.8, 4) is 0 Å². The molecule has 0 bridgehead atoms. The van der Waals surface area contributed by atoms with Gasteiger partial charge in [0.05, 0.1) is 15.6 Å². The number of rotatable bonds is 4. The van der Waals surface area contributed by atoms with E-state index in [1.54, 1.807) is 12.1 Å². The van der Waals surface area contributed by atoms with E-state index >= 15 is 0 Å². The zero-order valence-electron chi connectivity index (χ0n) is 13.1. The molecule has 124 valence electrons. The van der Waals surface area contributed by atoms with E-state index in [4.69, 9.17) is 23.2 Å². The topological polar surface area (TPSA) is 52.0 Å². The molecule has 2 aromatic carbocycles. The second kappa shape index (κ2) is 7.66. The summed E-state index contributed by atoms with van der Waals surface area (Å²) in [7, 11) is 1.90. The minimum absolute atomic E-state index is 0.468. The first-order valence-electron chi connectivity index (χ1n) is 7.46. The molecule has 0 saturated carbocycles. The molecule has 1 aliphatic heterocycles. The maximum absolute atomic E-state index is 6.29. The van der Waals surface area contributed by atoms with Crippen LogP contribution in [0.2, 0.25) is 10.0 Å². The van der Waals surface area contributed by atoms with Gasteiger partial charge in [0.2, 0.25) is 5.96 Å². The lowest BCUT2D eigenvalue weighted by molar-refractivity contribution is 0.509. The fourth-order valence-electron chi connectivity index (χ4n) is 2.31. The van der Waals surface area contributed by atoms with Gasteiger partial charge >= 0.3 is 0 Å². The third kappa shape index (κ3) is 3.87. The Hall–Kier alpha value is -2.08. The first-order chi connectivity index (χ1) is 11.6. The Kier molecular flexibility index (Phi) is 5.35. The first-order valence-corrected chi connectivity index (χ1v) is 8.22. The van der Waals surface area contributed by atoms with Crippen molar-refractivity contribution in [1.29, 1.82) is 0 Å². The summed E-state index contributed by atoms with van der Waals surface area (Å²) >= 11 is 12.6. The van der Waals surface area contributed by atoms with Crippen molar-refractivity contribution in [1.82, 2.24) is 15.8 Å². The number of hydrazine groups is 1. The highest BCUT2D eigenvalue weighted by Crippen LogP contribution is 2.26. The molecular formula is C17H17Cl2N5. The van der Waals surface area contributed by atoms with Gasteiger partial charge in [0, 0.05) is 13.6 Å². The highest BCUT2D eigenvalue weighted by molar-refractivity contribution is 6.40. The van der Waals surface area contributed by atoms with E-state index in [1.165, 1.54) is 0 Å². The molecule has 0 unspecified atom stereocenters. The molecule has 2 aromatic rings. The average molecular weight is 362 g/mol. The Bertz CT molecular complexity index is 754. The number of nitrogens with zero attached hydrogens (tertiary/aromatic N) is 3. The zero-order chi connectivity index (χ0) is 16.9. The van der Waals surface area contributed by atoms with Crippen molar-refractivity contribution in [2.24, 2.45) is 9.98 Å². The van der Waals surface area contributed by atoms with Crippen LogP contribution in [0, 0.1) is 0 Å². The van der Waals surface area contributed by atoms with Crippen molar-refractivity contribution >= 4 is 35.0 Å². The molecule has 0 fully saturated rings. The predicted molar refractivity (Wildman–Crippen MR) is 99.5 cm³/mol. The summed E-state index contributed by atoms with van der Waals surface area (Å²) in [6.07, 6.45) is 0. The summed E-state index contributed by atoms with van der Waals surface area (Å²) in [5.41, 5.74) is 8.02. The zero-order valence-corrected chi connectivity index (χ0v) is 14.6. The summed E-state index contributed by atoms with van der Waals surface area (Å²) in [5, 5.41) is 1.12. The van der Waals surface area contributed by atoms with Crippen molar-refractivity contribution in [2.45, 2.75) is 6.54 Å². The number of amidine groups is 1. The molecule has 2 N–H and O–H groups in total. The molecule has 0 spiro atoms. The van der Waals surface area contributed by atoms with Crippen LogP contribution in [0.3, 0.4) is 0 Å². The van der Waals surface area contributed by atoms with Crippen LogP contribution in [0.15, 0.2) is 58.5 Å². The molecule has 0 saturated heterocycles. The minimum Gasteiger partial charge on any atom is -0.339 e. The maximum atomic E-state index is 6.29. The van der Waals surface area contributed by atoms with E-state index in [1.807, 2.05) is 48.3 Å². The second-order valence-corrected chi connectivity index (χ2v) is 6.13. The number of guanidine groups is 1. The van der Waals surface area contributed by atoms with Crippen LogP contribution < -0.4 is 10.9 Å². The fraction of sp³-hybridized carbons (Fsp3) is 0.176. The van der Waals surface area contributed by atoms with Gasteiger partial charge in [0.1, 0.15) is 12.5 Å². The van der Waals surface area contributed by atoms with Crippen LogP contribution in [0.1, 0.15) is 11.1 Å². The fourth-order valence-corrected chi connectivity index (χ4v) is 2.87. The molecule has 0 amide bonds. The lowest BCUT2D eigenvalue weighted by atomic mass is 10.2. The van der Waals surface area contributed by atoms with Crippen molar-refractivity contribution in [3.63, 3.8) is 0 Å². The van der Waals surface area contributed by atoms with Crippen LogP contribution in [-0.2, 0) is 6.54 Å². The van der Waals surface area contributed by atoms with E-state index in [0.717, 1.165) is 5.56 Å². The number of nitrogens with one attached hydrogen (secondary N) is 2. The number of aliphatic imine (C=N–C) groups is 2. The van der Waals surface area contributed by atoms with E-state index in [9.17, 15) is 0 Å². The summed E-state index contributed by atoms with van der Waals surface area (Å²) in [4.78, 5) is 10.8. The number of benzene rings is 2. The molecule has 24 heavy (non-hydrogen) atoms. The molecule has 3 rings (SSSR count). The summed E-state index contributed by atoms with van der Waals surface area (Å²) in [6, 6.07) is 15.5. The Morgan fingerprint density at radius 1 is 1.04 bits per heavy atom. The second-order valence-electron chi connectivity index (χ2n) is 5.32. The number of hydrogen-bond donors (Lipinski definition) is 2. The smallest absolute Gasteiger partial charge is 0.236 e. The predicted octanol–water partition coefficient (Wildman–Crippen LogP) is 3.29. The van der Waals surface area contributed by atoms with E-state index in [2.05, 4.69) is 20.8 Å². The van der Waals surface area contributed by atoms with Crippen LogP contribution in [0.25, 0.3) is 0 Å². The third-order valence-electron chi connectivity index (χ3n) is 3.53. The Morgan fingerprint density at radius 3 is 2.46 bits per heavy atom. The Balaban J connectivity index is 1.73. The van der Waals surface area contributed by atoms with Crippen LogP contribution in [0.4, 0.5) is 0 Å². The number of halogens is 2. The largest absolute Gasteiger partial charge is 0.339 e. The summed E-state index contributed by atoms with van der Waals surface area (Å²) < 4.78 is 0. The van der Waals surface area contributed by atoms with Crippen molar-refractivity contribution < 1.29 is 0 Å². The molecule has 7 heteroatoms. The van der Waals surface area contributed by atoms with Gasteiger partial charge in [-0.15, -0.1) is 0 Å². The molecule has 0 radical (unpaired) electrons. The van der Waals surface area contributed by atoms with Gasteiger partial charge in [-0.1, -0.05) is 59.6 Å². The van der Waals surface area contributed by atoms with Gasteiger partial charge in [-0.3, -0.25) is 5.43 Å². The van der Waals surface area contributed by atoms with E-state index in [0.29, 0.717) is 40.6 Å². The lowest BCUT2D eigenvalue weighted by Crippen LogP contribution is -2.42. The highest BCUT2D eigenvalue weighted by atomic mass is 35.5. The summed E-state index contributed by atoms with van der Waals surface area (Å²) in [6.45, 7) is 1.13.